The third kappa shape index (κ3) is 4.00. The van der Waals surface area contributed by atoms with E-state index in [1.165, 1.54) is 12.7 Å². The van der Waals surface area contributed by atoms with Gasteiger partial charge in [0.15, 0.2) is 0 Å². The number of methoxy groups -OCH3 is 1. The van der Waals surface area contributed by atoms with E-state index < -0.39 is 0 Å². The van der Waals surface area contributed by atoms with Gasteiger partial charge in [0.2, 0.25) is 5.88 Å². The zero-order valence-electron chi connectivity index (χ0n) is 14.2. The van der Waals surface area contributed by atoms with E-state index in [1.807, 2.05) is 38.6 Å². The van der Waals surface area contributed by atoms with E-state index in [-0.39, 0.29) is 6.03 Å². The molecule has 2 heterocycles. The highest BCUT2D eigenvalue weighted by Crippen LogP contribution is 2.21. The molecule has 23 heavy (non-hydrogen) atoms. The molecule has 2 aromatic rings. The normalized spacial score (nSPS) is 10.5. The summed E-state index contributed by atoms with van der Waals surface area (Å²) in [7, 11) is 3.44. The first-order valence-electron chi connectivity index (χ1n) is 7.47. The fourth-order valence-electron chi connectivity index (χ4n) is 2.46. The highest BCUT2D eigenvalue weighted by atomic mass is 16.5. The molecule has 2 rings (SSSR count). The average molecular weight is 317 g/mol. The Balaban J connectivity index is 1.92. The lowest BCUT2D eigenvalue weighted by atomic mass is 10.1. The fourth-order valence-corrected chi connectivity index (χ4v) is 2.46. The van der Waals surface area contributed by atoms with Gasteiger partial charge in [0, 0.05) is 25.5 Å². The molecular weight excluding hydrogens is 294 g/mol. The second-order valence-electron chi connectivity index (χ2n) is 5.47. The zero-order valence-corrected chi connectivity index (χ0v) is 14.2. The summed E-state index contributed by atoms with van der Waals surface area (Å²) in [5.41, 5.74) is 4.79. The second-order valence-corrected chi connectivity index (χ2v) is 5.47. The van der Waals surface area contributed by atoms with Crippen LogP contribution in [0.4, 0.5) is 10.5 Å². The maximum atomic E-state index is 12.0. The molecule has 0 aliphatic rings. The van der Waals surface area contributed by atoms with Crippen molar-refractivity contribution in [3.8, 4) is 5.88 Å². The summed E-state index contributed by atoms with van der Waals surface area (Å²) < 4.78 is 7.00. The van der Waals surface area contributed by atoms with Crippen molar-refractivity contribution in [2.24, 2.45) is 7.05 Å². The molecule has 0 aliphatic carbocycles. The summed E-state index contributed by atoms with van der Waals surface area (Å²) in [6, 6.07) is 1.54. The van der Waals surface area contributed by atoms with Gasteiger partial charge >= 0.3 is 6.03 Å². The van der Waals surface area contributed by atoms with E-state index in [9.17, 15) is 4.79 Å². The van der Waals surface area contributed by atoms with Gasteiger partial charge in [-0.15, -0.1) is 0 Å². The number of urea groups is 1. The zero-order chi connectivity index (χ0) is 17.0. The van der Waals surface area contributed by atoms with Crippen LogP contribution in [-0.4, -0.2) is 34.5 Å². The average Bonchev–Trinajstić information content (AvgIpc) is 2.73. The van der Waals surface area contributed by atoms with Crippen LogP contribution < -0.4 is 15.4 Å². The van der Waals surface area contributed by atoms with Crippen LogP contribution in [0.5, 0.6) is 5.88 Å². The largest absolute Gasteiger partial charge is 0.480 e. The van der Waals surface area contributed by atoms with Gasteiger partial charge in [-0.05, 0) is 44.4 Å². The standard InChI is InChI=1S/C16H23N5O2/c1-10-8-14(15(23-5)18-9-10)19-16(22)17-7-6-13-11(2)20-21(4)12(13)3/h8-9H,6-7H2,1-5H3,(H2,17,19,22). The van der Waals surface area contributed by atoms with E-state index in [2.05, 4.69) is 20.7 Å². The van der Waals surface area contributed by atoms with Crippen molar-refractivity contribution >= 4 is 11.7 Å². The molecule has 0 radical (unpaired) electrons. The van der Waals surface area contributed by atoms with Crippen molar-refractivity contribution in [1.29, 1.82) is 0 Å². The molecule has 7 heteroatoms. The van der Waals surface area contributed by atoms with Crippen molar-refractivity contribution in [2.45, 2.75) is 27.2 Å². The Morgan fingerprint density at radius 1 is 1.35 bits per heavy atom. The van der Waals surface area contributed by atoms with Gasteiger partial charge in [-0.2, -0.15) is 5.10 Å². The summed E-state index contributed by atoms with van der Waals surface area (Å²) in [6.45, 7) is 6.44. The van der Waals surface area contributed by atoms with Crippen LogP contribution in [-0.2, 0) is 13.5 Å². The molecule has 0 bridgehead atoms. The Labute approximate surface area is 136 Å². The molecule has 0 spiro atoms. The Hall–Kier alpha value is -2.57. The SMILES string of the molecule is COc1ncc(C)cc1NC(=O)NCCc1c(C)nn(C)c1C. The van der Waals surface area contributed by atoms with Gasteiger partial charge in [0.05, 0.1) is 12.8 Å². The van der Waals surface area contributed by atoms with Crippen molar-refractivity contribution in [1.82, 2.24) is 20.1 Å². The van der Waals surface area contributed by atoms with Crippen LogP contribution in [0.15, 0.2) is 12.3 Å². The minimum Gasteiger partial charge on any atom is -0.480 e. The number of hydrogen-bond acceptors (Lipinski definition) is 4. The number of carbonyl (C=O) groups excluding carboxylic acids is 1. The smallest absolute Gasteiger partial charge is 0.319 e. The van der Waals surface area contributed by atoms with Crippen molar-refractivity contribution in [2.75, 3.05) is 19.0 Å². The molecule has 0 atom stereocenters. The summed E-state index contributed by atoms with van der Waals surface area (Å²) in [5.74, 6) is 0.393. The van der Waals surface area contributed by atoms with Crippen LogP contribution in [0.3, 0.4) is 0 Å². The molecule has 0 unspecified atom stereocenters. The molecule has 0 aromatic carbocycles. The van der Waals surface area contributed by atoms with E-state index in [0.717, 1.165) is 23.4 Å². The van der Waals surface area contributed by atoms with Crippen LogP contribution in [0.25, 0.3) is 0 Å². The number of ether oxygens (including phenoxy) is 1. The Morgan fingerprint density at radius 2 is 2.09 bits per heavy atom. The Bertz CT molecular complexity index is 709. The molecule has 0 aliphatic heterocycles. The predicted molar refractivity (Wildman–Crippen MR) is 88.9 cm³/mol. The minimum atomic E-state index is -0.283. The lowest BCUT2D eigenvalue weighted by Gasteiger charge is -2.11. The molecule has 0 saturated carbocycles. The molecule has 2 aromatic heterocycles. The van der Waals surface area contributed by atoms with E-state index in [0.29, 0.717) is 18.1 Å². The van der Waals surface area contributed by atoms with Crippen LogP contribution in [0, 0.1) is 20.8 Å². The lowest BCUT2D eigenvalue weighted by molar-refractivity contribution is 0.252. The molecule has 124 valence electrons. The highest BCUT2D eigenvalue weighted by Gasteiger charge is 2.11. The van der Waals surface area contributed by atoms with E-state index in [4.69, 9.17) is 4.74 Å². The van der Waals surface area contributed by atoms with E-state index >= 15 is 0 Å². The number of nitrogens with zero attached hydrogens (tertiary/aromatic N) is 3. The fraction of sp³-hybridized carbons (Fsp3) is 0.438. The first kappa shape index (κ1) is 16.8. The van der Waals surface area contributed by atoms with Crippen molar-refractivity contribution in [3.63, 3.8) is 0 Å². The number of carbonyl (C=O) groups is 1. The summed E-state index contributed by atoms with van der Waals surface area (Å²) in [6.07, 6.45) is 2.43. The third-order valence-corrected chi connectivity index (χ3v) is 3.75. The number of amides is 2. The summed E-state index contributed by atoms with van der Waals surface area (Å²) in [5, 5.41) is 9.98. The third-order valence-electron chi connectivity index (χ3n) is 3.75. The topological polar surface area (TPSA) is 81.1 Å². The Kier molecular flexibility index (Phi) is 5.20. The first-order valence-corrected chi connectivity index (χ1v) is 7.47. The Morgan fingerprint density at radius 3 is 2.70 bits per heavy atom. The van der Waals surface area contributed by atoms with Gasteiger partial charge < -0.3 is 15.4 Å². The number of nitrogens with one attached hydrogen (secondary N) is 2. The minimum absolute atomic E-state index is 0.283. The molecule has 2 amide bonds. The molecular formula is C16H23N5O2. The summed E-state index contributed by atoms with van der Waals surface area (Å²) in [4.78, 5) is 16.2. The summed E-state index contributed by atoms with van der Waals surface area (Å²) >= 11 is 0. The van der Waals surface area contributed by atoms with Crippen molar-refractivity contribution < 1.29 is 9.53 Å². The van der Waals surface area contributed by atoms with Gasteiger partial charge in [-0.25, -0.2) is 9.78 Å². The highest BCUT2D eigenvalue weighted by molar-refractivity contribution is 5.90. The van der Waals surface area contributed by atoms with Gasteiger partial charge in [-0.3, -0.25) is 4.68 Å². The van der Waals surface area contributed by atoms with Crippen molar-refractivity contribution in [3.05, 3.63) is 34.8 Å². The lowest BCUT2D eigenvalue weighted by Crippen LogP contribution is -2.30. The monoisotopic (exact) mass is 317 g/mol. The maximum Gasteiger partial charge on any atom is 0.319 e. The first-order chi connectivity index (χ1) is 10.9. The predicted octanol–water partition coefficient (Wildman–Crippen LogP) is 2.11. The molecule has 7 nitrogen and oxygen atoms in total. The molecule has 0 saturated heterocycles. The van der Waals surface area contributed by atoms with Gasteiger partial charge in [0.1, 0.15) is 5.69 Å². The van der Waals surface area contributed by atoms with Gasteiger partial charge in [0.25, 0.3) is 0 Å². The number of hydrogen-bond donors (Lipinski definition) is 2. The number of aryl methyl sites for hydroxylation is 3. The number of pyridine rings is 1. The maximum absolute atomic E-state index is 12.0. The van der Waals surface area contributed by atoms with Crippen LogP contribution in [0.1, 0.15) is 22.5 Å². The second kappa shape index (κ2) is 7.13. The quantitative estimate of drug-likeness (QED) is 0.885. The number of anilines is 1. The number of rotatable bonds is 5. The molecule has 2 N–H and O–H groups in total. The van der Waals surface area contributed by atoms with Crippen LogP contribution >= 0.6 is 0 Å². The number of aromatic nitrogens is 3. The molecule has 0 fully saturated rings. The van der Waals surface area contributed by atoms with Crippen LogP contribution in [0.2, 0.25) is 0 Å². The van der Waals surface area contributed by atoms with Gasteiger partial charge in [-0.1, -0.05) is 0 Å². The van der Waals surface area contributed by atoms with E-state index in [1.54, 1.807) is 6.20 Å².